The third-order valence-corrected chi connectivity index (χ3v) is 6.81. The fourth-order valence-corrected chi connectivity index (χ4v) is 4.30. The summed E-state index contributed by atoms with van der Waals surface area (Å²) >= 11 is 0. The highest BCUT2D eigenvalue weighted by Crippen LogP contribution is 2.35. The Balaban J connectivity index is 0. The number of hydrogen-bond acceptors (Lipinski definition) is 4. The molecule has 0 atom stereocenters. The lowest BCUT2D eigenvalue weighted by molar-refractivity contribution is -0.870. The number of likely N-dealkylation sites (N-methyl/N-ethyl adjacent to an activating group) is 1. The van der Waals surface area contributed by atoms with Gasteiger partial charge in [-0.2, -0.15) is 0 Å². The SMILES string of the molecule is CCCCCCCCCCCCCCCCCCN(CCO)C(=O)NCC.C[N+](C)(C)CCOP(=O)(O)O. The Bertz CT molecular complexity index is 569. The van der Waals surface area contributed by atoms with Gasteiger partial charge in [0.2, 0.25) is 0 Å². The average Bonchev–Trinajstić information content (AvgIpc) is 2.82. The van der Waals surface area contributed by atoms with E-state index in [0.717, 1.165) is 13.0 Å². The largest absolute Gasteiger partial charge is 0.469 e. The van der Waals surface area contributed by atoms with Gasteiger partial charge in [-0.05, 0) is 13.3 Å². The summed E-state index contributed by atoms with van der Waals surface area (Å²) in [6, 6.07) is -0.0486. The van der Waals surface area contributed by atoms with Crippen LogP contribution >= 0.6 is 7.82 Å². The number of amides is 2. The molecule has 10 heteroatoms. The van der Waals surface area contributed by atoms with Crippen LogP contribution in [0.15, 0.2) is 0 Å². The number of nitrogens with one attached hydrogen (secondary N) is 1. The first-order chi connectivity index (χ1) is 18.0. The van der Waals surface area contributed by atoms with E-state index in [1.807, 2.05) is 28.1 Å². The number of phosphoric ester groups is 1. The topological polar surface area (TPSA) is 119 Å². The van der Waals surface area contributed by atoms with Crippen molar-refractivity contribution in [3.05, 3.63) is 0 Å². The summed E-state index contributed by atoms with van der Waals surface area (Å²) in [5.41, 5.74) is 0. The number of quaternary nitrogens is 1. The predicted molar refractivity (Wildman–Crippen MR) is 158 cm³/mol. The maximum Gasteiger partial charge on any atom is 0.469 e. The van der Waals surface area contributed by atoms with Gasteiger partial charge in [-0.1, -0.05) is 103 Å². The van der Waals surface area contributed by atoms with E-state index in [4.69, 9.17) is 14.9 Å². The molecule has 0 aliphatic heterocycles. The molecule has 0 aromatic rings. The second kappa shape index (κ2) is 26.5. The van der Waals surface area contributed by atoms with Gasteiger partial charge in [-0.3, -0.25) is 4.52 Å². The van der Waals surface area contributed by atoms with Gasteiger partial charge in [-0.25, -0.2) is 9.36 Å². The summed E-state index contributed by atoms with van der Waals surface area (Å²) in [5, 5.41) is 11.9. The van der Waals surface area contributed by atoms with Crippen LogP contribution in [0.3, 0.4) is 0 Å². The molecule has 0 rings (SSSR count). The minimum atomic E-state index is -4.26. The van der Waals surface area contributed by atoms with E-state index in [9.17, 15) is 9.36 Å². The lowest BCUT2D eigenvalue weighted by Crippen LogP contribution is -2.41. The van der Waals surface area contributed by atoms with Crippen molar-refractivity contribution in [2.24, 2.45) is 0 Å². The summed E-state index contributed by atoms with van der Waals surface area (Å²) in [4.78, 5) is 30.2. The zero-order valence-electron chi connectivity index (χ0n) is 25.5. The number of aliphatic hydroxyl groups excluding tert-OH is 1. The van der Waals surface area contributed by atoms with Crippen molar-refractivity contribution in [2.45, 2.75) is 117 Å². The molecule has 9 nitrogen and oxygen atoms in total. The van der Waals surface area contributed by atoms with E-state index >= 15 is 0 Å². The van der Waals surface area contributed by atoms with Crippen molar-refractivity contribution in [3.63, 3.8) is 0 Å². The number of nitrogens with zero attached hydrogens (tertiary/aromatic N) is 2. The fourth-order valence-electron chi connectivity index (χ4n) is 3.98. The number of carbonyl (C=O) groups is 1. The number of aliphatic hydroxyl groups is 1. The molecule has 0 bridgehead atoms. The zero-order valence-corrected chi connectivity index (χ0v) is 26.4. The first-order valence-corrected chi connectivity index (χ1v) is 16.6. The molecule has 0 spiro atoms. The van der Waals surface area contributed by atoms with Crippen LogP contribution in [0.2, 0.25) is 0 Å². The van der Waals surface area contributed by atoms with Crippen molar-refractivity contribution in [1.29, 1.82) is 0 Å². The van der Waals surface area contributed by atoms with Crippen LogP contribution in [0.1, 0.15) is 117 Å². The second-order valence-corrected chi connectivity index (χ2v) is 12.4. The molecular weight excluding hydrogens is 505 g/mol. The maximum atomic E-state index is 11.8. The van der Waals surface area contributed by atoms with Gasteiger partial charge in [-0.15, -0.1) is 0 Å². The summed E-state index contributed by atoms with van der Waals surface area (Å²) in [5.74, 6) is 0. The molecule has 38 heavy (non-hydrogen) atoms. The van der Waals surface area contributed by atoms with Crippen LogP contribution in [0.4, 0.5) is 4.79 Å². The van der Waals surface area contributed by atoms with E-state index in [1.165, 1.54) is 96.3 Å². The second-order valence-electron chi connectivity index (χ2n) is 11.2. The number of phosphoric acid groups is 1. The third-order valence-electron chi connectivity index (χ3n) is 6.29. The van der Waals surface area contributed by atoms with Gasteiger partial charge in [0.1, 0.15) is 13.2 Å². The number of rotatable bonds is 24. The molecule has 4 N–H and O–H groups in total. The molecular formula is C28H63N3O6P+. The molecule has 0 aromatic carbocycles. The molecule has 0 aromatic heterocycles. The van der Waals surface area contributed by atoms with E-state index in [-0.39, 0.29) is 19.2 Å². The minimum Gasteiger partial charge on any atom is -0.395 e. The average molecular weight is 569 g/mol. The van der Waals surface area contributed by atoms with Crippen LogP contribution in [0.5, 0.6) is 0 Å². The van der Waals surface area contributed by atoms with Crippen LogP contribution in [-0.4, -0.2) is 90.8 Å². The molecule has 0 saturated heterocycles. The molecule has 0 aliphatic rings. The number of unbranched alkanes of at least 4 members (excludes halogenated alkanes) is 15. The summed E-state index contributed by atoms with van der Waals surface area (Å²) < 4.78 is 15.1. The lowest BCUT2D eigenvalue weighted by Gasteiger charge is -2.23. The molecule has 230 valence electrons. The minimum absolute atomic E-state index is 0.0377. The van der Waals surface area contributed by atoms with E-state index in [0.29, 0.717) is 24.1 Å². The third kappa shape index (κ3) is 33.3. The standard InChI is InChI=1S/C23H48N2O2.C5H14NO4P/c1-3-5-6-7-8-9-10-11-12-13-14-15-16-17-18-19-20-25(21-22-26)23(27)24-4-2;1-6(2,3)4-5-10-11(7,8)9/h26H,3-22H2,1-2H3,(H,24,27);4-5H2,1-3H3,(H-,7,8,9)/p+1. The van der Waals surface area contributed by atoms with Gasteiger partial charge in [0.05, 0.1) is 27.7 Å². The lowest BCUT2D eigenvalue weighted by atomic mass is 10.0. The Kier molecular flexibility index (Phi) is 27.5. The van der Waals surface area contributed by atoms with Crippen molar-refractivity contribution in [3.8, 4) is 0 Å². The molecule has 0 radical (unpaired) electrons. The van der Waals surface area contributed by atoms with Crippen LogP contribution in [-0.2, 0) is 9.09 Å². The van der Waals surface area contributed by atoms with Crippen LogP contribution in [0, 0.1) is 0 Å². The van der Waals surface area contributed by atoms with Gasteiger partial charge in [0.15, 0.2) is 0 Å². The van der Waals surface area contributed by atoms with E-state index < -0.39 is 7.82 Å². The first-order valence-electron chi connectivity index (χ1n) is 15.1. The predicted octanol–water partition coefficient (Wildman–Crippen LogP) is 6.07. The Hall–Kier alpha value is -0.700. The smallest absolute Gasteiger partial charge is 0.395 e. The Morgan fingerprint density at radius 1 is 0.763 bits per heavy atom. The van der Waals surface area contributed by atoms with Gasteiger partial charge >= 0.3 is 13.9 Å². The monoisotopic (exact) mass is 568 g/mol. The van der Waals surface area contributed by atoms with E-state index in [2.05, 4.69) is 16.8 Å². The van der Waals surface area contributed by atoms with Crippen LogP contribution in [0.25, 0.3) is 0 Å². The van der Waals surface area contributed by atoms with Crippen molar-refractivity contribution < 1.29 is 33.3 Å². The van der Waals surface area contributed by atoms with Crippen molar-refractivity contribution in [1.82, 2.24) is 10.2 Å². The normalized spacial score (nSPS) is 11.7. The molecule has 0 saturated carbocycles. The highest BCUT2D eigenvalue weighted by Gasteiger charge is 2.16. The first kappa shape index (κ1) is 39.4. The fraction of sp³-hybridized carbons (Fsp3) is 0.964. The van der Waals surface area contributed by atoms with Gasteiger partial charge < -0.3 is 29.6 Å². The van der Waals surface area contributed by atoms with E-state index in [1.54, 1.807) is 4.90 Å². The van der Waals surface area contributed by atoms with Gasteiger partial charge in [0, 0.05) is 19.6 Å². The molecule has 0 fully saturated rings. The molecule has 0 heterocycles. The molecule has 0 aliphatic carbocycles. The molecule has 2 amide bonds. The molecule has 0 unspecified atom stereocenters. The summed E-state index contributed by atoms with van der Waals surface area (Å²) in [7, 11) is 1.50. The highest BCUT2D eigenvalue weighted by atomic mass is 31.2. The van der Waals surface area contributed by atoms with Crippen molar-refractivity contribution >= 4 is 13.9 Å². The number of carbonyl (C=O) groups excluding carboxylic acids is 1. The quantitative estimate of drug-likeness (QED) is 0.0637. The van der Waals surface area contributed by atoms with Crippen molar-refractivity contribution in [2.75, 3.05) is 60.5 Å². The summed E-state index contributed by atoms with van der Waals surface area (Å²) in [6.07, 6.45) is 21.7. The Labute approximate surface area is 234 Å². The Morgan fingerprint density at radius 3 is 1.53 bits per heavy atom. The zero-order chi connectivity index (χ0) is 29.1. The Morgan fingerprint density at radius 2 is 1.18 bits per heavy atom. The summed E-state index contributed by atoms with van der Waals surface area (Å²) in [6.45, 7) is 6.72. The number of hydrogen-bond donors (Lipinski definition) is 4. The maximum absolute atomic E-state index is 11.8. The number of urea groups is 1. The van der Waals surface area contributed by atoms with Crippen LogP contribution < -0.4 is 5.32 Å². The van der Waals surface area contributed by atoms with Gasteiger partial charge in [0.25, 0.3) is 0 Å². The highest BCUT2D eigenvalue weighted by molar-refractivity contribution is 7.46.